The van der Waals surface area contributed by atoms with Gasteiger partial charge in [-0.3, -0.25) is 9.59 Å². The molecule has 182 valence electrons. The smallest absolute Gasteiger partial charge is 0.316 e. The highest BCUT2D eigenvalue weighted by atomic mass is 16.5. The summed E-state index contributed by atoms with van der Waals surface area (Å²) in [5, 5.41) is 30.2. The van der Waals surface area contributed by atoms with Crippen LogP contribution in [-0.2, 0) is 27.2 Å². The monoisotopic (exact) mass is 458 g/mol. The van der Waals surface area contributed by atoms with Crippen LogP contribution < -0.4 is 0 Å². The number of ether oxygens (including phenoxy) is 1. The molecule has 0 heterocycles. The van der Waals surface area contributed by atoms with Crippen molar-refractivity contribution in [2.24, 2.45) is 11.8 Å². The number of carbonyl (C=O) groups excluding carboxylic acids is 1. The predicted octanol–water partition coefficient (Wildman–Crippen LogP) is 5.15. The van der Waals surface area contributed by atoms with Crippen molar-refractivity contribution < 1.29 is 29.6 Å². The second-order valence-corrected chi connectivity index (χ2v) is 8.70. The number of benzene rings is 1. The molecule has 0 saturated heterocycles. The number of esters is 1. The summed E-state index contributed by atoms with van der Waals surface area (Å²) in [6.45, 7) is 4.11. The van der Waals surface area contributed by atoms with Crippen LogP contribution in [0.3, 0.4) is 0 Å². The van der Waals surface area contributed by atoms with Crippen molar-refractivity contribution in [3.05, 3.63) is 58.9 Å². The minimum atomic E-state index is -0.816. The van der Waals surface area contributed by atoms with Gasteiger partial charge in [0.25, 0.3) is 0 Å². The number of hydrogen-bond donors (Lipinski definition) is 3. The zero-order chi connectivity index (χ0) is 24.2. The average molecular weight is 459 g/mol. The van der Waals surface area contributed by atoms with E-state index in [0.29, 0.717) is 32.1 Å². The molecule has 33 heavy (non-hydrogen) atoms. The Morgan fingerprint density at radius 3 is 2.55 bits per heavy atom. The third kappa shape index (κ3) is 8.35. The first-order chi connectivity index (χ1) is 15.9. The lowest BCUT2D eigenvalue weighted by Crippen LogP contribution is -2.18. The molecule has 0 amide bonds. The maximum absolute atomic E-state index is 12.4. The first kappa shape index (κ1) is 26.7. The molecule has 1 aliphatic rings. The molecule has 1 unspecified atom stereocenters. The van der Waals surface area contributed by atoms with Crippen molar-refractivity contribution >= 4 is 11.9 Å². The van der Waals surface area contributed by atoms with Crippen LogP contribution in [0.15, 0.2) is 47.7 Å². The zero-order valence-electron chi connectivity index (χ0n) is 19.8. The highest BCUT2D eigenvalue weighted by Gasteiger charge is 2.38. The first-order valence-electron chi connectivity index (χ1n) is 12.1. The summed E-state index contributed by atoms with van der Waals surface area (Å²) in [5.41, 5.74) is 2.81. The summed E-state index contributed by atoms with van der Waals surface area (Å²) >= 11 is 0. The summed E-state index contributed by atoms with van der Waals surface area (Å²) < 4.78 is 5.17. The molecule has 0 aliphatic heterocycles. The number of unbranched alkanes of at least 4 members (excludes halogenated alkanes) is 2. The van der Waals surface area contributed by atoms with Crippen LogP contribution in [-0.4, -0.2) is 40.0 Å². The molecule has 0 radical (unpaired) electrons. The molecule has 1 aliphatic carbocycles. The zero-order valence-corrected chi connectivity index (χ0v) is 19.8. The van der Waals surface area contributed by atoms with Crippen molar-refractivity contribution in [3.63, 3.8) is 0 Å². The summed E-state index contributed by atoms with van der Waals surface area (Å²) in [6.07, 6.45) is 9.10. The largest absolute Gasteiger partial charge is 0.511 e. The van der Waals surface area contributed by atoms with Crippen LogP contribution in [0.5, 0.6) is 0 Å². The van der Waals surface area contributed by atoms with E-state index in [2.05, 4.69) is 6.92 Å². The SMILES string of the molecule is CCCCCC(O)C=C[C@@H]1C[C@@H](C(=O)OCC)C(O)=C1Cc1ccccc1CCCC(=O)O. The van der Waals surface area contributed by atoms with E-state index in [1.54, 1.807) is 13.0 Å². The molecule has 3 atom stereocenters. The fourth-order valence-electron chi connectivity index (χ4n) is 4.36. The van der Waals surface area contributed by atoms with Crippen LogP contribution >= 0.6 is 0 Å². The summed E-state index contributed by atoms with van der Waals surface area (Å²) in [7, 11) is 0. The van der Waals surface area contributed by atoms with Gasteiger partial charge in [-0.1, -0.05) is 62.6 Å². The van der Waals surface area contributed by atoms with Crippen LogP contribution in [0.2, 0.25) is 0 Å². The second-order valence-electron chi connectivity index (χ2n) is 8.70. The molecule has 1 aromatic rings. The number of carboxylic acid groups (broad SMARTS) is 1. The highest BCUT2D eigenvalue weighted by Crippen LogP contribution is 2.39. The summed E-state index contributed by atoms with van der Waals surface area (Å²) in [5.74, 6) is -2.06. The van der Waals surface area contributed by atoms with E-state index in [1.807, 2.05) is 30.3 Å². The Bertz CT molecular complexity index is 841. The Morgan fingerprint density at radius 1 is 1.15 bits per heavy atom. The number of aliphatic hydroxyl groups is 2. The number of aliphatic hydroxyl groups excluding tert-OH is 2. The Labute approximate surface area is 197 Å². The average Bonchev–Trinajstić information content (AvgIpc) is 3.09. The van der Waals surface area contributed by atoms with Gasteiger partial charge in [0.05, 0.1) is 12.7 Å². The van der Waals surface area contributed by atoms with E-state index in [4.69, 9.17) is 9.84 Å². The number of aliphatic carboxylic acids is 1. The number of carboxylic acids is 1. The van der Waals surface area contributed by atoms with Gasteiger partial charge in [0, 0.05) is 12.3 Å². The third-order valence-electron chi connectivity index (χ3n) is 6.17. The lowest BCUT2D eigenvalue weighted by atomic mass is 9.90. The highest BCUT2D eigenvalue weighted by molar-refractivity contribution is 5.76. The number of rotatable bonds is 14. The molecule has 0 spiro atoms. The van der Waals surface area contributed by atoms with E-state index in [9.17, 15) is 19.8 Å². The van der Waals surface area contributed by atoms with Crippen molar-refractivity contribution in [1.29, 1.82) is 0 Å². The molecule has 3 N–H and O–H groups in total. The molecule has 0 bridgehead atoms. The minimum Gasteiger partial charge on any atom is -0.511 e. The van der Waals surface area contributed by atoms with E-state index >= 15 is 0 Å². The standard InChI is InChI=1S/C27H38O6/c1-3-5-6-13-22(28)16-15-21-18-24(27(32)33-4-2)26(31)23(21)17-20-11-8-7-10-19(20)12-9-14-25(29)30/h7-8,10-11,15-16,21-22,24,28,31H,3-6,9,12-14,17-18H2,1-2H3,(H,29,30)/t21-,22?,24-/m1/s1. The molecule has 0 aromatic heterocycles. The van der Waals surface area contributed by atoms with Crippen LogP contribution in [0.4, 0.5) is 0 Å². The maximum Gasteiger partial charge on any atom is 0.316 e. The van der Waals surface area contributed by atoms with Crippen molar-refractivity contribution in [3.8, 4) is 0 Å². The topological polar surface area (TPSA) is 104 Å². The lowest BCUT2D eigenvalue weighted by Gasteiger charge is -2.15. The molecule has 6 nitrogen and oxygen atoms in total. The molecule has 0 saturated carbocycles. The number of carbonyl (C=O) groups is 2. The summed E-state index contributed by atoms with van der Waals surface area (Å²) in [4.78, 5) is 23.3. The summed E-state index contributed by atoms with van der Waals surface area (Å²) in [6, 6.07) is 7.81. The van der Waals surface area contributed by atoms with Gasteiger partial charge < -0.3 is 20.1 Å². The fourth-order valence-corrected chi connectivity index (χ4v) is 4.36. The van der Waals surface area contributed by atoms with Gasteiger partial charge in [-0.2, -0.15) is 0 Å². The van der Waals surface area contributed by atoms with E-state index in [0.717, 1.165) is 36.0 Å². The van der Waals surface area contributed by atoms with E-state index in [1.165, 1.54) is 0 Å². The Hall–Kier alpha value is -2.60. The molecular formula is C27H38O6. The number of aryl methyl sites for hydroxylation is 1. The van der Waals surface area contributed by atoms with Gasteiger partial charge in [-0.15, -0.1) is 0 Å². The molecular weight excluding hydrogens is 420 g/mol. The Morgan fingerprint density at radius 2 is 1.88 bits per heavy atom. The molecule has 6 heteroatoms. The van der Waals surface area contributed by atoms with Gasteiger partial charge in [-0.25, -0.2) is 0 Å². The van der Waals surface area contributed by atoms with Crippen LogP contribution in [0.25, 0.3) is 0 Å². The fraction of sp³-hybridized carbons (Fsp3) is 0.556. The van der Waals surface area contributed by atoms with E-state index in [-0.39, 0.29) is 24.7 Å². The van der Waals surface area contributed by atoms with Crippen molar-refractivity contribution in [2.75, 3.05) is 6.61 Å². The van der Waals surface area contributed by atoms with Crippen molar-refractivity contribution in [2.45, 2.75) is 77.7 Å². The lowest BCUT2D eigenvalue weighted by molar-refractivity contribution is -0.147. The van der Waals surface area contributed by atoms with E-state index < -0.39 is 24.0 Å². The quantitative estimate of drug-likeness (QED) is 0.202. The van der Waals surface area contributed by atoms with Gasteiger partial charge in [0.15, 0.2) is 0 Å². The Balaban J connectivity index is 2.23. The maximum atomic E-state index is 12.4. The minimum absolute atomic E-state index is 0.0592. The first-order valence-corrected chi connectivity index (χ1v) is 12.1. The van der Waals surface area contributed by atoms with Gasteiger partial charge in [-0.05, 0) is 55.7 Å². The van der Waals surface area contributed by atoms with Crippen LogP contribution in [0, 0.1) is 11.8 Å². The molecule has 0 fully saturated rings. The van der Waals surface area contributed by atoms with Crippen molar-refractivity contribution in [1.82, 2.24) is 0 Å². The van der Waals surface area contributed by atoms with Gasteiger partial charge in [0.2, 0.25) is 0 Å². The molecule has 1 aromatic carbocycles. The van der Waals surface area contributed by atoms with Gasteiger partial charge >= 0.3 is 11.9 Å². The third-order valence-corrected chi connectivity index (χ3v) is 6.17. The predicted molar refractivity (Wildman–Crippen MR) is 128 cm³/mol. The van der Waals surface area contributed by atoms with Gasteiger partial charge in [0.1, 0.15) is 11.7 Å². The second kappa shape index (κ2) is 13.8. The number of allylic oxidation sites excluding steroid dienone is 2. The normalized spacial score (nSPS) is 19.2. The Kier molecular flexibility index (Phi) is 11.2. The van der Waals surface area contributed by atoms with Crippen LogP contribution in [0.1, 0.15) is 69.9 Å². The molecule has 2 rings (SSSR count). The number of hydrogen-bond acceptors (Lipinski definition) is 5.